The molecule has 0 aliphatic carbocycles. The molecule has 0 radical (unpaired) electrons. The van der Waals surface area contributed by atoms with Gasteiger partial charge in [-0.2, -0.15) is 10.4 Å². The van der Waals surface area contributed by atoms with Gasteiger partial charge in [-0.3, -0.25) is 0 Å². The first-order valence-corrected chi connectivity index (χ1v) is 3.72. The van der Waals surface area contributed by atoms with Crippen LogP contribution in [0.25, 0.3) is 5.95 Å². The summed E-state index contributed by atoms with van der Waals surface area (Å²) in [5.41, 5.74) is 0.401. The summed E-state index contributed by atoms with van der Waals surface area (Å²) < 4.78 is 13.8. The molecule has 0 aromatic carbocycles. The number of hydrogen-bond donors (Lipinski definition) is 0. The maximum atomic E-state index is 12.5. The third kappa shape index (κ3) is 1.43. The Morgan fingerprint density at radius 1 is 1.29 bits per heavy atom. The molecule has 2 aromatic heterocycles. The molecule has 0 atom stereocenters. The van der Waals surface area contributed by atoms with Gasteiger partial charge in [-0.15, -0.1) is 0 Å². The molecule has 0 bridgehead atoms. The van der Waals surface area contributed by atoms with E-state index in [1.165, 1.54) is 17.1 Å². The van der Waals surface area contributed by atoms with Gasteiger partial charge in [0.2, 0.25) is 0 Å². The van der Waals surface area contributed by atoms with Crippen molar-refractivity contribution in [3.63, 3.8) is 0 Å². The molecule has 6 heteroatoms. The summed E-state index contributed by atoms with van der Waals surface area (Å²) in [5, 5.41) is 12.4. The second-order valence-corrected chi connectivity index (χ2v) is 2.49. The zero-order valence-electron chi connectivity index (χ0n) is 6.92. The second kappa shape index (κ2) is 3.22. The van der Waals surface area contributed by atoms with Gasteiger partial charge in [0.15, 0.2) is 5.82 Å². The fraction of sp³-hybridized carbons (Fsp3) is 0. The summed E-state index contributed by atoms with van der Waals surface area (Å²) in [5.74, 6) is -0.283. The van der Waals surface area contributed by atoms with Crippen LogP contribution in [0.5, 0.6) is 0 Å². The smallest absolute Gasteiger partial charge is 0.217 e. The number of aromatic nitrogens is 4. The quantitative estimate of drug-likeness (QED) is 0.661. The lowest BCUT2D eigenvalue weighted by Gasteiger charge is -1.96. The van der Waals surface area contributed by atoms with Gasteiger partial charge < -0.3 is 0 Å². The maximum Gasteiger partial charge on any atom is 0.250 e. The first-order chi connectivity index (χ1) is 6.79. The average Bonchev–Trinajstić information content (AvgIpc) is 2.67. The van der Waals surface area contributed by atoms with Crippen LogP contribution >= 0.6 is 0 Å². The summed E-state index contributed by atoms with van der Waals surface area (Å²) >= 11 is 0. The molecule has 14 heavy (non-hydrogen) atoms. The predicted molar refractivity (Wildman–Crippen MR) is 43.8 cm³/mol. The molecule has 0 saturated carbocycles. The molecule has 2 rings (SSSR count). The minimum atomic E-state index is -0.513. The molecule has 0 amide bonds. The Labute approximate surface area is 78.5 Å². The molecule has 0 fully saturated rings. The van der Waals surface area contributed by atoms with Crippen molar-refractivity contribution in [1.29, 1.82) is 5.26 Å². The van der Waals surface area contributed by atoms with Crippen LogP contribution < -0.4 is 0 Å². The normalized spacial score (nSPS) is 9.71. The molecule has 0 spiro atoms. The van der Waals surface area contributed by atoms with E-state index in [9.17, 15) is 4.39 Å². The third-order valence-corrected chi connectivity index (χ3v) is 1.52. The minimum absolute atomic E-state index is 0.230. The Morgan fingerprint density at radius 3 is 2.57 bits per heavy atom. The molecular weight excluding hydrogens is 185 g/mol. The van der Waals surface area contributed by atoms with Crippen LogP contribution in [-0.4, -0.2) is 19.7 Å². The van der Waals surface area contributed by atoms with Gasteiger partial charge in [-0.1, -0.05) is 0 Å². The van der Waals surface area contributed by atoms with E-state index in [-0.39, 0.29) is 5.95 Å². The number of halogens is 1. The van der Waals surface area contributed by atoms with E-state index in [2.05, 4.69) is 15.1 Å². The van der Waals surface area contributed by atoms with Gasteiger partial charge in [-0.05, 0) is 0 Å². The summed E-state index contributed by atoms with van der Waals surface area (Å²) in [7, 11) is 0. The van der Waals surface area contributed by atoms with Crippen LogP contribution in [-0.2, 0) is 0 Å². The van der Waals surface area contributed by atoms with Crippen LogP contribution in [0.1, 0.15) is 5.56 Å². The minimum Gasteiger partial charge on any atom is -0.217 e. The molecule has 0 aliphatic heterocycles. The molecule has 0 N–H and O–H groups in total. The molecule has 0 unspecified atom stereocenters. The molecule has 5 nitrogen and oxygen atoms in total. The van der Waals surface area contributed by atoms with Crippen molar-refractivity contribution in [2.75, 3.05) is 0 Å². The Bertz CT molecular complexity index is 481. The zero-order chi connectivity index (χ0) is 9.97. The number of hydrogen-bond acceptors (Lipinski definition) is 4. The van der Waals surface area contributed by atoms with E-state index in [4.69, 9.17) is 5.26 Å². The van der Waals surface area contributed by atoms with Crippen molar-refractivity contribution in [2.24, 2.45) is 0 Å². The van der Waals surface area contributed by atoms with E-state index in [1.807, 2.05) is 6.07 Å². The standard InChI is InChI=1S/C8H4FN5/c9-7-3-11-8(12-4-7)14-5-6(1-10)2-13-14/h2-5H. The number of nitrogens with zero attached hydrogens (tertiary/aromatic N) is 5. The van der Waals surface area contributed by atoms with Crippen LogP contribution in [0, 0.1) is 17.1 Å². The topological polar surface area (TPSA) is 67.4 Å². The highest BCUT2D eigenvalue weighted by Gasteiger charge is 2.02. The van der Waals surface area contributed by atoms with Gasteiger partial charge in [0.1, 0.15) is 6.07 Å². The number of nitriles is 1. The summed E-state index contributed by atoms with van der Waals surface area (Å²) in [4.78, 5) is 7.40. The first kappa shape index (κ1) is 8.31. The van der Waals surface area contributed by atoms with E-state index >= 15 is 0 Å². The fourth-order valence-electron chi connectivity index (χ4n) is 0.914. The lowest BCUT2D eigenvalue weighted by molar-refractivity contribution is 0.608. The Morgan fingerprint density at radius 2 is 2.00 bits per heavy atom. The largest absolute Gasteiger partial charge is 0.250 e. The van der Waals surface area contributed by atoms with Gasteiger partial charge in [0.25, 0.3) is 5.95 Å². The lowest BCUT2D eigenvalue weighted by Crippen LogP contribution is -2.00. The van der Waals surface area contributed by atoms with Crippen molar-refractivity contribution in [3.8, 4) is 12.0 Å². The first-order valence-electron chi connectivity index (χ1n) is 3.72. The van der Waals surface area contributed by atoms with Gasteiger partial charge in [0.05, 0.1) is 30.4 Å². The summed E-state index contributed by atoms with van der Waals surface area (Å²) in [6.07, 6.45) is 4.92. The molecule has 2 heterocycles. The van der Waals surface area contributed by atoms with Crippen LogP contribution in [0.2, 0.25) is 0 Å². The van der Waals surface area contributed by atoms with Crippen LogP contribution in [0.15, 0.2) is 24.8 Å². The highest BCUT2D eigenvalue weighted by atomic mass is 19.1. The van der Waals surface area contributed by atoms with Gasteiger partial charge >= 0.3 is 0 Å². The second-order valence-electron chi connectivity index (χ2n) is 2.49. The molecule has 0 saturated heterocycles. The van der Waals surface area contributed by atoms with Crippen molar-refractivity contribution < 1.29 is 4.39 Å². The maximum absolute atomic E-state index is 12.5. The SMILES string of the molecule is N#Cc1cnn(-c2ncc(F)cn2)c1. The average molecular weight is 189 g/mol. The molecule has 2 aromatic rings. The Hall–Kier alpha value is -2.29. The Kier molecular flexibility index (Phi) is 1.91. The van der Waals surface area contributed by atoms with E-state index < -0.39 is 5.82 Å². The van der Waals surface area contributed by atoms with Crippen molar-refractivity contribution in [1.82, 2.24) is 19.7 Å². The van der Waals surface area contributed by atoms with E-state index in [0.717, 1.165) is 12.4 Å². The van der Waals surface area contributed by atoms with Crippen LogP contribution in [0.4, 0.5) is 4.39 Å². The number of rotatable bonds is 1. The Balaban J connectivity index is 2.40. The van der Waals surface area contributed by atoms with Crippen molar-refractivity contribution in [3.05, 3.63) is 36.2 Å². The van der Waals surface area contributed by atoms with E-state index in [1.54, 1.807) is 0 Å². The highest BCUT2D eigenvalue weighted by molar-refractivity contribution is 5.24. The monoisotopic (exact) mass is 189 g/mol. The highest BCUT2D eigenvalue weighted by Crippen LogP contribution is 2.01. The summed E-state index contributed by atoms with van der Waals surface area (Å²) in [6, 6.07) is 1.92. The zero-order valence-corrected chi connectivity index (χ0v) is 6.92. The van der Waals surface area contributed by atoms with Gasteiger partial charge in [-0.25, -0.2) is 19.0 Å². The van der Waals surface area contributed by atoms with Gasteiger partial charge in [0, 0.05) is 0 Å². The van der Waals surface area contributed by atoms with Crippen molar-refractivity contribution >= 4 is 0 Å². The van der Waals surface area contributed by atoms with E-state index in [0.29, 0.717) is 5.56 Å². The lowest BCUT2D eigenvalue weighted by atomic mass is 10.4. The molecular formula is C8H4FN5. The predicted octanol–water partition coefficient (Wildman–Crippen LogP) is 0.673. The molecule has 68 valence electrons. The third-order valence-electron chi connectivity index (χ3n) is 1.52. The van der Waals surface area contributed by atoms with Crippen molar-refractivity contribution in [2.45, 2.75) is 0 Å². The fourth-order valence-corrected chi connectivity index (χ4v) is 0.914. The van der Waals surface area contributed by atoms with Crippen LogP contribution in [0.3, 0.4) is 0 Å². The summed E-state index contributed by atoms with van der Waals surface area (Å²) in [6.45, 7) is 0. The molecule has 0 aliphatic rings.